The lowest BCUT2D eigenvalue weighted by atomic mass is 10.1. The van der Waals surface area contributed by atoms with Crippen molar-refractivity contribution in [3.05, 3.63) is 60.0 Å². The number of fused-ring (bicyclic) bond motifs is 1. The van der Waals surface area contributed by atoms with Crippen LogP contribution in [0.2, 0.25) is 0 Å². The molecule has 0 fully saturated rings. The van der Waals surface area contributed by atoms with Gasteiger partial charge in [0.2, 0.25) is 0 Å². The maximum Gasteiger partial charge on any atom is 0.257 e. The molecule has 0 bridgehead atoms. The molecule has 23 heavy (non-hydrogen) atoms. The molecule has 3 aromatic rings. The molecule has 0 unspecified atom stereocenters. The molecule has 1 aromatic heterocycles. The van der Waals surface area contributed by atoms with Gasteiger partial charge in [-0.15, -0.1) is 0 Å². The number of hydrogen-bond acceptors (Lipinski definition) is 4. The van der Waals surface area contributed by atoms with Crippen LogP contribution in [0.3, 0.4) is 0 Å². The summed E-state index contributed by atoms with van der Waals surface area (Å²) in [5.41, 5.74) is 2.73. The van der Waals surface area contributed by atoms with Gasteiger partial charge in [0.05, 0.1) is 0 Å². The number of amides is 1. The molecule has 118 valence electrons. The molecule has 3 rings (SSSR count). The van der Waals surface area contributed by atoms with Crippen molar-refractivity contribution in [2.24, 2.45) is 0 Å². The summed E-state index contributed by atoms with van der Waals surface area (Å²) >= 11 is 0. The van der Waals surface area contributed by atoms with Crippen molar-refractivity contribution in [1.29, 1.82) is 0 Å². The smallest absolute Gasteiger partial charge is 0.257 e. The highest BCUT2D eigenvalue weighted by atomic mass is 16.5. The van der Waals surface area contributed by atoms with Gasteiger partial charge in [-0.3, -0.25) is 4.79 Å². The molecule has 0 aliphatic rings. The molecular formula is C18H18N2O3. The summed E-state index contributed by atoms with van der Waals surface area (Å²) in [4.78, 5) is 16.0. The number of carbonyl (C=O) groups is 1. The quantitative estimate of drug-likeness (QED) is 0.760. The standard InChI is InChI=1S/C18H18N2O3/c1-13-20-16-8-7-14(11-17(16)23-13)9-10-19-18(21)12-22-15-5-3-2-4-6-15/h2-8,11H,9-10,12H2,1H3,(H,19,21). The maximum atomic E-state index is 11.8. The van der Waals surface area contributed by atoms with Gasteiger partial charge >= 0.3 is 0 Å². The minimum Gasteiger partial charge on any atom is -0.484 e. The number of carbonyl (C=O) groups excluding carboxylic acids is 1. The number of aromatic nitrogens is 1. The number of ether oxygens (including phenoxy) is 1. The summed E-state index contributed by atoms with van der Waals surface area (Å²) < 4.78 is 10.9. The van der Waals surface area contributed by atoms with Crippen LogP contribution < -0.4 is 10.1 Å². The minimum atomic E-state index is -0.134. The normalized spacial score (nSPS) is 10.7. The average molecular weight is 310 g/mol. The van der Waals surface area contributed by atoms with Crippen LogP contribution in [-0.4, -0.2) is 24.0 Å². The fraction of sp³-hybridized carbons (Fsp3) is 0.222. The number of rotatable bonds is 6. The number of nitrogens with zero attached hydrogens (tertiary/aromatic N) is 1. The van der Waals surface area contributed by atoms with E-state index in [0.29, 0.717) is 18.2 Å². The lowest BCUT2D eigenvalue weighted by molar-refractivity contribution is -0.123. The molecule has 5 heteroatoms. The van der Waals surface area contributed by atoms with E-state index in [9.17, 15) is 4.79 Å². The van der Waals surface area contributed by atoms with E-state index in [1.54, 1.807) is 0 Å². The second kappa shape index (κ2) is 6.96. The molecule has 0 aliphatic heterocycles. The summed E-state index contributed by atoms with van der Waals surface area (Å²) in [6, 6.07) is 15.2. The third-order valence-electron chi connectivity index (χ3n) is 3.41. The summed E-state index contributed by atoms with van der Waals surface area (Å²) in [5.74, 6) is 1.21. The van der Waals surface area contributed by atoms with Crippen LogP contribution in [0.1, 0.15) is 11.5 Å². The molecule has 2 aromatic carbocycles. The zero-order valence-corrected chi connectivity index (χ0v) is 12.9. The Kier molecular flexibility index (Phi) is 4.57. The van der Waals surface area contributed by atoms with E-state index < -0.39 is 0 Å². The zero-order chi connectivity index (χ0) is 16.1. The van der Waals surface area contributed by atoms with E-state index in [4.69, 9.17) is 9.15 Å². The summed E-state index contributed by atoms with van der Waals surface area (Å²) in [6.07, 6.45) is 0.729. The highest BCUT2D eigenvalue weighted by Crippen LogP contribution is 2.17. The Morgan fingerprint density at radius 1 is 1.22 bits per heavy atom. The van der Waals surface area contributed by atoms with Crippen LogP contribution in [0, 0.1) is 6.92 Å². The van der Waals surface area contributed by atoms with Crippen molar-refractivity contribution < 1.29 is 13.9 Å². The number of para-hydroxylation sites is 1. The fourth-order valence-corrected chi connectivity index (χ4v) is 2.30. The lowest BCUT2D eigenvalue weighted by Crippen LogP contribution is -2.30. The number of aryl methyl sites for hydroxylation is 1. The molecule has 1 heterocycles. The first-order valence-corrected chi connectivity index (χ1v) is 7.51. The first kappa shape index (κ1) is 15.1. The zero-order valence-electron chi connectivity index (χ0n) is 12.9. The van der Waals surface area contributed by atoms with Crippen molar-refractivity contribution in [3.8, 4) is 5.75 Å². The van der Waals surface area contributed by atoms with Crippen LogP contribution in [-0.2, 0) is 11.2 Å². The minimum absolute atomic E-state index is 0.0182. The summed E-state index contributed by atoms with van der Waals surface area (Å²) in [5, 5.41) is 2.84. The second-order valence-corrected chi connectivity index (χ2v) is 5.24. The molecule has 0 atom stereocenters. The van der Waals surface area contributed by atoms with E-state index in [1.165, 1.54) is 0 Å². The highest BCUT2D eigenvalue weighted by Gasteiger charge is 2.05. The van der Waals surface area contributed by atoms with Crippen LogP contribution in [0.4, 0.5) is 0 Å². The van der Waals surface area contributed by atoms with Gasteiger partial charge in [-0.05, 0) is 36.2 Å². The monoisotopic (exact) mass is 310 g/mol. The molecule has 0 spiro atoms. The van der Waals surface area contributed by atoms with E-state index in [0.717, 1.165) is 23.1 Å². The predicted octanol–water partition coefficient (Wildman–Crippen LogP) is 2.87. The SMILES string of the molecule is Cc1nc2ccc(CCNC(=O)COc3ccccc3)cc2o1. The number of oxazole rings is 1. The first-order valence-electron chi connectivity index (χ1n) is 7.51. The Bertz CT molecular complexity index is 796. The fourth-order valence-electron chi connectivity index (χ4n) is 2.30. The van der Waals surface area contributed by atoms with E-state index in [-0.39, 0.29) is 12.5 Å². The largest absolute Gasteiger partial charge is 0.484 e. The topological polar surface area (TPSA) is 64.4 Å². The molecule has 5 nitrogen and oxygen atoms in total. The summed E-state index contributed by atoms with van der Waals surface area (Å²) in [7, 11) is 0. The van der Waals surface area contributed by atoms with Crippen molar-refractivity contribution >= 4 is 17.0 Å². The molecule has 0 saturated carbocycles. The van der Waals surface area contributed by atoms with Crippen molar-refractivity contribution in [3.63, 3.8) is 0 Å². The lowest BCUT2D eigenvalue weighted by Gasteiger charge is -2.07. The predicted molar refractivity (Wildman–Crippen MR) is 87.4 cm³/mol. The Morgan fingerprint density at radius 3 is 2.87 bits per heavy atom. The Labute approximate surface area is 134 Å². The van der Waals surface area contributed by atoms with Crippen LogP contribution in [0.5, 0.6) is 5.75 Å². The van der Waals surface area contributed by atoms with E-state index in [1.807, 2.05) is 55.5 Å². The van der Waals surface area contributed by atoms with Gasteiger partial charge in [-0.25, -0.2) is 4.98 Å². The average Bonchev–Trinajstić information content (AvgIpc) is 2.93. The highest BCUT2D eigenvalue weighted by molar-refractivity contribution is 5.77. The second-order valence-electron chi connectivity index (χ2n) is 5.24. The molecule has 0 radical (unpaired) electrons. The Balaban J connectivity index is 1.45. The molecule has 0 saturated heterocycles. The third-order valence-corrected chi connectivity index (χ3v) is 3.41. The number of nitrogens with one attached hydrogen (secondary N) is 1. The van der Waals surface area contributed by atoms with Crippen molar-refractivity contribution in [2.45, 2.75) is 13.3 Å². The summed E-state index contributed by atoms with van der Waals surface area (Å²) in [6.45, 7) is 2.40. The van der Waals surface area contributed by atoms with Gasteiger partial charge in [0.15, 0.2) is 18.1 Å². The van der Waals surface area contributed by atoms with Gasteiger partial charge in [-0.1, -0.05) is 24.3 Å². The number of benzene rings is 2. The van der Waals surface area contributed by atoms with Gasteiger partial charge in [0.1, 0.15) is 11.3 Å². The number of hydrogen-bond donors (Lipinski definition) is 1. The molecule has 1 amide bonds. The van der Waals surface area contributed by atoms with Gasteiger partial charge < -0.3 is 14.5 Å². The van der Waals surface area contributed by atoms with Crippen LogP contribution in [0.25, 0.3) is 11.1 Å². The molecule has 1 N–H and O–H groups in total. The van der Waals surface area contributed by atoms with Gasteiger partial charge in [-0.2, -0.15) is 0 Å². The molecule has 0 aliphatic carbocycles. The van der Waals surface area contributed by atoms with Crippen LogP contribution >= 0.6 is 0 Å². The Hall–Kier alpha value is -2.82. The van der Waals surface area contributed by atoms with Crippen LogP contribution in [0.15, 0.2) is 52.9 Å². The maximum absolute atomic E-state index is 11.8. The van der Waals surface area contributed by atoms with E-state index in [2.05, 4.69) is 10.3 Å². The third kappa shape index (κ3) is 4.10. The van der Waals surface area contributed by atoms with Crippen molar-refractivity contribution in [1.82, 2.24) is 10.3 Å². The van der Waals surface area contributed by atoms with Crippen molar-refractivity contribution in [2.75, 3.05) is 13.2 Å². The first-order chi connectivity index (χ1) is 11.2. The van der Waals surface area contributed by atoms with E-state index >= 15 is 0 Å². The Morgan fingerprint density at radius 2 is 2.04 bits per heavy atom. The molecular weight excluding hydrogens is 292 g/mol. The van der Waals surface area contributed by atoms with Gasteiger partial charge in [0, 0.05) is 13.5 Å². The van der Waals surface area contributed by atoms with Gasteiger partial charge in [0.25, 0.3) is 5.91 Å².